The number of carbonyl (C=O) groups excluding carboxylic acids is 1. The number of esters is 1. The lowest BCUT2D eigenvalue weighted by Crippen LogP contribution is -2.22. The smallest absolute Gasteiger partial charge is 0.348 e. The summed E-state index contributed by atoms with van der Waals surface area (Å²) >= 11 is 1.35. The van der Waals surface area contributed by atoms with Gasteiger partial charge in [-0.1, -0.05) is 0 Å². The fourth-order valence-electron chi connectivity index (χ4n) is 1.15. The summed E-state index contributed by atoms with van der Waals surface area (Å²) in [6.45, 7) is 8.40. The van der Waals surface area contributed by atoms with Crippen LogP contribution in [0.2, 0.25) is 0 Å². The van der Waals surface area contributed by atoms with Gasteiger partial charge in [0, 0.05) is 10.6 Å². The summed E-state index contributed by atoms with van der Waals surface area (Å²) in [5.74, 6) is -0.340. The van der Waals surface area contributed by atoms with Crippen LogP contribution in [0.5, 0.6) is 0 Å². The lowest BCUT2D eigenvalue weighted by molar-refractivity contribution is -0.0280. The third kappa shape index (κ3) is 4.75. The molecular weight excluding hydrogens is 238 g/mol. The van der Waals surface area contributed by atoms with Crippen LogP contribution in [0.25, 0.3) is 0 Å². The van der Waals surface area contributed by atoms with Crippen LogP contribution < -0.4 is 5.73 Å². The molecule has 17 heavy (non-hydrogen) atoms. The molecule has 1 aromatic rings. The molecule has 0 bridgehead atoms. The number of thiophene rings is 1. The van der Waals surface area contributed by atoms with Crippen molar-refractivity contribution in [1.82, 2.24) is 0 Å². The van der Waals surface area contributed by atoms with E-state index in [1.807, 2.05) is 27.7 Å². The fraction of sp³-hybridized carbons (Fsp3) is 0.583. The normalized spacial score (nSPS) is 11.5. The summed E-state index contributed by atoms with van der Waals surface area (Å²) in [6.07, 6.45) is 0. The van der Waals surface area contributed by atoms with Crippen LogP contribution in [0.3, 0.4) is 0 Å². The van der Waals surface area contributed by atoms with Crippen molar-refractivity contribution in [3.8, 4) is 0 Å². The van der Waals surface area contributed by atoms with Crippen LogP contribution >= 0.6 is 11.3 Å². The zero-order valence-corrected chi connectivity index (χ0v) is 11.5. The summed E-state index contributed by atoms with van der Waals surface area (Å²) in [6, 6.07) is 1.65. The van der Waals surface area contributed by atoms with E-state index in [-0.39, 0.29) is 18.2 Å². The number of ether oxygens (including phenoxy) is 2. The summed E-state index contributed by atoms with van der Waals surface area (Å²) in [7, 11) is 0. The molecule has 0 fully saturated rings. The second-order valence-corrected chi connectivity index (χ2v) is 5.98. The topological polar surface area (TPSA) is 61.5 Å². The van der Waals surface area contributed by atoms with Crippen molar-refractivity contribution in [3.63, 3.8) is 0 Å². The lowest BCUT2D eigenvalue weighted by Gasteiger charge is -2.19. The van der Waals surface area contributed by atoms with Crippen LogP contribution in [0, 0.1) is 6.92 Å². The van der Waals surface area contributed by atoms with E-state index in [9.17, 15) is 4.79 Å². The third-order valence-corrected chi connectivity index (χ3v) is 3.06. The molecule has 4 nitrogen and oxygen atoms in total. The maximum atomic E-state index is 11.6. The Morgan fingerprint density at radius 2 is 2.06 bits per heavy atom. The van der Waals surface area contributed by atoms with Crippen LogP contribution in [0.15, 0.2) is 6.07 Å². The Labute approximate surface area is 106 Å². The summed E-state index contributed by atoms with van der Waals surface area (Å²) in [4.78, 5) is 13.1. The molecule has 1 aromatic heterocycles. The maximum Gasteiger partial charge on any atom is 0.348 e. The lowest BCUT2D eigenvalue weighted by atomic mass is 10.2. The molecule has 0 aliphatic heterocycles. The Morgan fingerprint density at radius 1 is 1.41 bits per heavy atom. The average molecular weight is 257 g/mol. The Bertz CT molecular complexity index is 373. The number of anilines is 1. The van der Waals surface area contributed by atoms with Gasteiger partial charge >= 0.3 is 5.97 Å². The summed E-state index contributed by atoms with van der Waals surface area (Å²) in [5.41, 5.74) is 6.09. The zero-order valence-electron chi connectivity index (χ0n) is 10.7. The van der Waals surface area contributed by atoms with Gasteiger partial charge < -0.3 is 15.2 Å². The highest BCUT2D eigenvalue weighted by Gasteiger charge is 2.13. The number of hydrogen-bond acceptors (Lipinski definition) is 5. The average Bonchev–Trinajstić information content (AvgIpc) is 2.52. The van der Waals surface area contributed by atoms with Crippen molar-refractivity contribution in [3.05, 3.63) is 15.8 Å². The predicted octanol–water partition coefficient (Wildman–Crippen LogP) is 2.61. The SMILES string of the molecule is Cc1sc(C(=O)OCCOC(C)(C)C)cc1N. The van der Waals surface area contributed by atoms with Gasteiger partial charge in [-0.3, -0.25) is 0 Å². The van der Waals surface area contributed by atoms with Crippen LogP contribution in [0.1, 0.15) is 35.3 Å². The Morgan fingerprint density at radius 3 is 2.53 bits per heavy atom. The van der Waals surface area contributed by atoms with Crippen LogP contribution in [0.4, 0.5) is 5.69 Å². The van der Waals surface area contributed by atoms with E-state index in [1.54, 1.807) is 6.07 Å². The predicted molar refractivity (Wildman–Crippen MR) is 69.5 cm³/mol. The highest BCUT2D eigenvalue weighted by Crippen LogP contribution is 2.23. The van der Waals surface area contributed by atoms with Crippen molar-refractivity contribution >= 4 is 23.0 Å². The van der Waals surface area contributed by atoms with E-state index < -0.39 is 0 Å². The van der Waals surface area contributed by atoms with Gasteiger partial charge in [-0.05, 0) is 33.8 Å². The largest absolute Gasteiger partial charge is 0.459 e. The fourth-order valence-corrected chi connectivity index (χ4v) is 1.98. The molecule has 0 aliphatic carbocycles. The first kappa shape index (κ1) is 14.0. The number of nitrogens with two attached hydrogens (primary N) is 1. The molecule has 0 aromatic carbocycles. The van der Waals surface area contributed by atoms with Crippen molar-refractivity contribution < 1.29 is 14.3 Å². The molecule has 1 heterocycles. The highest BCUT2D eigenvalue weighted by molar-refractivity contribution is 7.14. The highest BCUT2D eigenvalue weighted by atomic mass is 32.1. The quantitative estimate of drug-likeness (QED) is 0.665. The second-order valence-electron chi connectivity index (χ2n) is 4.72. The van der Waals surface area contributed by atoms with Crippen molar-refractivity contribution in [1.29, 1.82) is 0 Å². The first-order chi connectivity index (χ1) is 7.79. The van der Waals surface area contributed by atoms with Crippen LogP contribution in [-0.2, 0) is 9.47 Å². The molecule has 0 amide bonds. The summed E-state index contributed by atoms with van der Waals surface area (Å²) < 4.78 is 10.5. The zero-order chi connectivity index (χ0) is 13.1. The molecule has 96 valence electrons. The van der Waals surface area contributed by atoms with Crippen molar-refractivity contribution in [2.24, 2.45) is 0 Å². The van der Waals surface area contributed by atoms with Gasteiger partial charge in [0.05, 0.1) is 12.2 Å². The molecule has 0 aliphatic rings. The first-order valence-electron chi connectivity index (χ1n) is 5.46. The Balaban J connectivity index is 2.35. The van der Waals surface area contributed by atoms with Gasteiger partial charge in [0.1, 0.15) is 11.5 Å². The third-order valence-electron chi connectivity index (χ3n) is 2.01. The molecule has 0 spiro atoms. The van der Waals surface area contributed by atoms with Gasteiger partial charge in [0.25, 0.3) is 0 Å². The molecular formula is C12H19NO3S. The van der Waals surface area contributed by atoms with Gasteiger partial charge in [0.15, 0.2) is 0 Å². The van der Waals surface area contributed by atoms with E-state index in [4.69, 9.17) is 15.2 Å². The van der Waals surface area contributed by atoms with Crippen LogP contribution in [-0.4, -0.2) is 24.8 Å². The Hall–Kier alpha value is -1.07. The minimum Gasteiger partial charge on any atom is -0.459 e. The second kappa shape index (κ2) is 5.51. The van der Waals surface area contributed by atoms with Gasteiger partial charge in [0.2, 0.25) is 0 Å². The Kier molecular flexibility index (Phi) is 4.54. The minimum atomic E-state index is -0.340. The number of aryl methyl sites for hydroxylation is 1. The molecule has 5 heteroatoms. The molecule has 0 atom stereocenters. The van der Waals surface area contributed by atoms with Gasteiger partial charge in [-0.15, -0.1) is 11.3 Å². The van der Waals surface area contributed by atoms with Gasteiger partial charge in [-0.25, -0.2) is 4.79 Å². The van der Waals surface area contributed by atoms with Crippen molar-refractivity contribution in [2.75, 3.05) is 18.9 Å². The van der Waals surface area contributed by atoms with E-state index in [2.05, 4.69) is 0 Å². The molecule has 2 N–H and O–H groups in total. The molecule has 0 unspecified atom stereocenters. The van der Waals surface area contributed by atoms with Gasteiger partial charge in [-0.2, -0.15) is 0 Å². The van der Waals surface area contributed by atoms with E-state index >= 15 is 0 Å². The number of rotatable bonds is 4. The minimum absolute atomic E-state index is 0.212. The standard InChI is InChI=1S/C12H19NO3S/c1-8-9(13)7-10(17-8)11(14)15-5-6-16-12(2,3)4/h7H,5-6,13H2,1-4H3. The first-order valence-corrected chi connectivity index (χ1v) is 6.28. The summed E-state index contributed by atoms with van der Waals surface area (Å²) in [5, 5.41) is 0. The molecule has 1 rings (SSSR count). The van der Waals surface area contributed by atoms with E-state index in [0.29, 0.717) is 17.2 Å². The maximum absolute atomic E-state index is 11.6. The number of nitrogen functional groups attached to an aromatic ring is 1. The number of hydrogen-bond donors (Lipinski definition) is 1. The van der Waals surface area contributed by atoms with E-state index in [0.717, 1.165) is 4.88 Å². The monoisotopic (exact) mass is 257 g/mol. The van der Waals surface area contributed by atoms with E-state index in [1.165, 1.54) is 11.3 Å². The van der Waals surface area contributed by atoms with Crippen molar-refractivity contribution in [2.45, 2.75) is 33.3 Å². The molecule has 0 saturated carbocycles. The molecule has 0 radical (unpaired) electrons. The number of carbonyl (C=O) groups is 1. The molecule has 0 saturated heterocycles.